The molecule has 1 heteroatoms. The molecule has 1 aromatic heterocycles. The van der Waals surface area contributed by atoms with Crippen LogP contribution in [0.3, 0.4) is 0 Å². The predicted octanol–water partition coefficient (Wildman–Crippen LogP) is 3.90. The average Bonchev–Trinajstić information content (AvgIpc) is 2.77. The van der Waals surface area contributed by atoms with Gasteiger partial charge in [0, 0.05) is 5.39 Å². The van der Waals surface area contributed by atoms with E-state index in [1.807, 2.05) is 36.4 Å². The highest BCUT2D eigenvalue weighted by Gasteiger charge is 2.00. The molecule has 1 radical (unpaired) electrons. The first-order valence-corrected chi connectivity index (χ1v) is 4.88. The summed E-state index contributed by atoms with van der Waals surface area (Å²) >= 11 is 0. The highest BCUT2D eigenvalue weighted by atomic mass is 16.3. The van der Waals surface area contributed by atoms with Crippen molar-refractivity contribution in [3.63, 3.8) is 0 Å². The van der Waals surface area contributed by atoms with E-state index in [9.17, 15) is 0 Å². The molecule has 0 saturated carbocycles. The minimum atomic E-state index is 0.921. The van der Waals surface area contributed by atoms with E-state index in [4.69, 9.17) is 4.42 Å². The molecule has 0 saturated heterocycles. The fourth-order valence-corrected chi connectivity index (χ4v) is 1.70. The molecule has 0 aliphatic heterocycles. The number of hydrogen-bond donors (Lipinski definition) is 0. The molecular formula is C14H9O. The number of furan rings is 1. The molecule has 0 aliphatic rings. The van der Waals surface area contributed by atoms with Crippen molar-refractivity contribution in [3.05, 3.63) is 60.9 Å². The van der Waals surface area contributed by atoms with Crippen molar-refractivity contribution in [3.8, 4) is 11.1 Å². The van der Waals surface area contributed by atoms with Gasteiger partial charge in [0.2, 0.25) is 0 Å². The van der Waals surface area contributed by atoms with Crippen LogP contribution >= 0.6 is 0 Å². The van der Waals surface area contributed by atoms with Gasteiger partial charge in [0.15, 0.2) is 0 Å². The largest absolute Gasteiger partial charge is 0.464 e. The number of fused-ring (bicyclic) bond motifs is 1. The Labute approximate surface area is 88.0 Å². The second kappa shape index (κ2) is 3.28. The molecule has 0 amide bonds. The summed E-state index contributed by atoms with van der Waals surface area (Å²) in [5, 5.41) is 1.13. The number of benzene rings is 2. The van der Waals surface area contributed by atoms with Gasteiger partial charge in [-0.25, -0.2) is 0 Å². The second-order valence-electron chi connectivity index (χ2n) is 3.45. The molecule has 0 bridgehead atoms. The fraction of sp³-hybridized carbons (Fsp3) is 0. The lowest BCUT2D eigenvalue weighted by molar-refractivity contribution is 0.616. The third-order valence-corrected chi connectivity index (χ3v) is 2.48. The van der Waals surface area contributed by atoms with Crippen LogP contribution in [0.1, 0.15) is 0 Å². The molecule has 3 aromatic rings. The standard InChI is InChI=1S/C14H9O/c1-2-4-11(5-3-1)13-7-6-12-8-9-15-14(12)10-13/h1-4,6-10H. The Morgan fingerprint density at radius 2 is 2.00 bits per heavy atom. The van der Waals surface area contributed by atoms with Crippen LogP contribution in [0.25, 0.3) is 22.1 Å². The molecule has 0 atom stereocenters. The molecule has 0 spiro atoms. The Morgan fingerprint density at radius 1 is 1.00 bits per heavy atom. The molecule has 0 N–H and O–H groups in total. The molecule has 15 heavy (non-hydrogen) atoms. The molecule has 0 aliphatic carbocycles. The summed E-state index contributed by atoms with van der Waals surface area (Å²) < 4.78 is 5.37. The zero-order valence-corrected chi connectivity index (χ0v) is 8.10. The van der Waals surface area contributed by atoms with E-state index in [2.05, 4.69) is 18.2 Å². The first-order valence-electron chi connectivity index (χ1n) is 4.88. The lowest BCUT2D eigenvalue weighted by Crippen LogP contribution is -1.76. The van der Waals surface area contributed by atoms with Gasteiger partial charge in [-0.2, -0.15) is 0 Å². The van der Waals surface area contributed by atoms with Crippen LogP contribution in [-0.4, -0.2) is 0 Å². The van der Waals surface area contributed by atoms with Gasteiger partial charge in [-0.3, -0.25) is 0 Å². The fourth-order valence-electron chi connectivity index (χ4n) is 1.70. The molecule has 3 rings (SSSR count). The van der Waals surface area contributed by atoms with Crippen LogP contribution in [0.15, 0.2) is 59.2 Å². The van der Waals surface area contributed by atoms with E-state index >= 15 is 0 Å². The first kappa shape index (κ1) is 8.30. The summed E-state index contributed by atoms with van der Waals surface area (Å²) in [5.41, 5.74) is 3.15. The van der Waals surface area contributed by atoms with Gasteiger partial charge in [0.1, 0.15) is 5.58 Å². The van der Waals surface area contributed by atoms with Crippen molar-refractivity contribution in [1.82, 2.24) is 0 Å². The zero-order chi connectivity index (χ0) is 10.1. The highest BCUT2D eigenvalue weighted by molar-refractivity contribution is 5.82. The lowest BCUT2D eigenvalue weighted by Gasteiger charge is -1.99. The van der Waals surface area contributed by atoms with Gasteiger partial charge in [-0.05, 0) is 29.3 Å². The van der Waals surface area contributed by atoms with E-state index < -0.39 is 0 Å². The van der Waals surface area contributed by atoms with Crippen molar-refractivity contribution in [2.24, 2.45) is 0 Å². The highest BCUT2D eigenvalue weighted by Crippen LogP contribution is 2.24. The monoisotopic (exact) mass is 193 g/mol. The Balaban J connectivity index is 2.19. The van der Waals surface area contributed by atoms with Gasteiger partial charge in [0.25, 0.3) is 0 Å². The van der Waals surface area contributed by atoms with Crippen molar-refractivity contribution in [2.45, 2.75) is 0 Å². The smallest absolute Gasteiger partial charge is 0.134 e. The average molecular weight is 193 g/mol. The van der Waals surface area contributed by atoms with Crippen LogP contribution in [0, 0.1) is 6.07 Å². The Morgan fingerprint density at radius 3 is 2.87 bits per heavy atom. The van der Waals surface area contributed by atoms with E-state index in [-0.39, 0.29) is 0 Å². The van der Waals surface area contributed by atoms with E-state index in [1.54, 1.807) is 6.26 Å². The normalized spacial score (nSPS) is 10.7. The third-order valence-electron chi connectivity index (χ3n) is 2.48. The maximum Gasteiger partial charge on any atom is 0.134 e. The van der Waals surface area contributed by atoms with E-state index in [0.717, 1.165) is 22.1 Å². The maximum atomic E-state index is 5.37. The quantitative estimate of drug-likeness (QED) is 0.571. The van der Waals surface area contributed by atoms with Crippen molar-refractivity contribution in [2.75, 3.05) is 0 Å². The summed E-state index contributed by atoms with van der Waals surface area (Å²) in [6.45, 7) is 0. The molecular weight excluding hydrogens is 184 g/mol. The van der Waals surface area contributed by atoms with Gasteiger partial charge in [-0.15, -0.1) is 0 Å². The van der Waals surface area contributed by atoms with Gasteiger partial charge in [-0.1, -0.05) is 36.4 Å². The van der Waals surface area contributed by atoms with Crippen LogP contribution in [0.5, 0.6) is 0 Å². The first-order chi connectivity index (χ1) is 7.43. The van der Waals surface area contributed by atoms with Gasteiger partial charge < -0.3 is 4.42 Å². The maximum absolute atomic E-state index is 5.37. The van der Waals surface area contributed by atoms with Crippen LogP contribution in [-0.2, 0) is 0 Å². The van der Waals surface area contributed by atoms with Gasteiger partial charge >= 0.3 is 0 Å². The van der Waals surface area contributed by atoms with Crippen LogP contribution in [0.4, 0.5) is 0 Å². The lowest BCUT2D eigenvalue weighted by atomic mass is 10.1. The minimum absolute atomic E-state index is 0.921. The Bertz CT molecular complexity index is 578. The van der Waals surface area contributed by atoms with Gasteiger partial charge in [0.05, 0.1) is 6.26 Å². The zero-order valence-electron chi connectivity index (χ0n) is 8.10. The number of rotatable bonds is 1. The second-order valence-corrected chi connectivity index (χ2v) is 3.45. The topological polar surface area (TPSA) is 13.1 Å². The summed E-state index contributed by atoms with van der Waals surface area (Å²) in [6.07, 6.45) is 1.71. The Kier molecular flexibility index (Phi) is 1.82. The van der Waals surface area contributed by atoms with Crippen LogP contribution < -0.4 is 0 Å². The Hall–Kier alpha value is -2.02. The van der Waals surface area contributed by atoms with E-state index in [0.29, 0.717) is 0 Å². The predicted molar refractivity (Wildman–Crippen MR) is 60.5 cm³/mol. The summed E-state index contributed by atoms with van der Waals surface area (Å²) in [6, 6.07) is 19.3. The van der Waals surface area contributed by atoms with Crippen LogP contribution in [0.2, 0.25) is 0 Å². The molecule has 0 fully saturated rings. The third kappa shape index (κ3) is 1.42. The molecule has 0 unspecified atom stereocenters. The van der Waals surface area contributed by atoms with Crippen molar-refractivity contribution < 1.29 is 4.42 Å². The summed E-state index contributed by atoms with van der Waals surface area (Å²) in [7, 11) is 0. The molecule has 71 valence electrons. The summed E-state index contributed by atoms with van der Waals surface area (Å²) in [4.78, 5) is 0. The molecule has 1 nitrogen and oxygen atoms in total. The minimum Gasteiger partial charge on any atom is -0.464 e. The molecule has 2 aromatic carbocycles. The SMILES string of the molecule is [c]1ccccc1-c1ccc2ccoc2c1. The number of hydrogen-bond acceptors (Lipinski definition) is 1. The van der Waals surface area contributed by atoms with Crippen molar-refractivity contribution in [1.29, 1.82) is 0 Å². The molecule has 1 heterocycles. The van der Waals surface area contributed by atoms with Crippen molar-refractivity contribution >= 4 is 11.0 Å². The summed E-state index contributed by atoms with van der Waals surface area (Å²) in [5.74, 6) is 0. The van der Waals surface area contributed by atoms with E-state index in [1.165, 1.54) is 0 Å².